The SMILES string of the molecule is CCCCCCCSc1ccc(N)c(Cl)c1. The lowest BCUT2D eigenvalue weighted by atomic mass is 10.2. The summed E-state index contributed by atoms with van der Waals surface area (Å²) in [4.78, 5) is 1.22. The van der Waals surface area contributed by atoms with Gasteiger partial charge in [-0.1, -0.05) is 44.2 Å². The van der Waals surface area contributed by atoms with Gasteiger partial charge in [0, 0.05) is 4.90 Å². The number of unbranched alkanes of at least 4 members (excludes halogenated alkanes) is 4. The molecule has 0 spiro atoms. The Morgan fingerprint density at radius 2 is 1.94 bits per heavy atom. The Labute approximate surface area is 108 Å². The first-order chi connectivity index (χ1) is 7.74. The van der Waals surface area contributed by atoms with Gasteiger partial charge < -0.3 is 5.73 Å². The van der Waals surface area contributed by atoms with Crippen LogP contribution in [0.5, 0.6) is 0 Å². The molecule has 0 saturated heterocycles. The van der Waals surface area contributed by atoms with Crippen LogP contribution in [0.2, 0.25) is 5.02 Å². The summed E-state index contributed by atoms with van der Waals surface area (Å²) in [5.41, 5.74) is 6.32. The highest BCUT2D eigenvalue weighted by molar-refractivity contribution is 7.99. The van der Waals surface area contributed by atoms with Gasteiger partial charge in [0.15, 0.2) is 0 Å². The fourth-order valence-corrected chi connectivity index (χ4v) is 2.69. The highest BCUT2D eigenvalue weighted by Crippen LogP contribution is 2.27. The van der Waals surface area contributed by atoms with Gasteiger partial charge in [0.25, 0.3) is 0 Å². The summed E-state index contributed by atoms with van der Waals surface area (Å²) in [5.74, 6) is 1.17. The Morgan fingerprint density at radius 1 is 1.19 bits per heavy atom. The molecule has 0 fully saturated rings. The van der Waals surface area contributed by atoms with E-state index in [-0.39, 0.29) is 0 Å². The van der Waals surface area contributed by atoms with E-state index in [9.17, 15) is 0 Å². The number of thioether (sulfide) groups is 1. The number of hydrogen-bond acceptors (Lipinski definition) is 2. The lowest BCUT2D eigenvalue weighted by molar-refractivity contribution is 0.659. The van der Waals surface area contributed by atoms with E-state index < -0.39 is 0 Å². The van der Waals surface area contributed by atoms with Crippen LogP contribution in [0.4, 0.5) is 5.69 Å². The van der Waals surface area contributed by atoms with E-state index in [1.165, 1.54) is 42.8 Å². The fraction of sp³-hybridized carbons (Fsp3) is 0.538. The van der Waals surface area contributed by atoms with E-state index in [0.717, 1.165) is 0 Å². The van der Waals surface area contributed by atoms with Crippen LogP contribution in [0, 0.1) is 0 Å². The summed E-state index contributed by atoms with van der Waals surface area (Å²) in [6, 6.07) is 5.87. The third-order valence-electron chi connectivity index (χ3n) is 2.49. The molecule has 0 aliphatic rings. The van der Waals surface area contributed by atoms with Gasteiger partial charge >= 0.3 is 0 Å². The number of hydrogen-bond donors (Lipinski definition) is 1. The van der Waals surface area contributed by atoms with Crippen molar-refractivity contribution in [1.29, 1.82) is 0 Å². The lowest BCUT2D eigenvalue weighted by Crippen LogP contribution is -1.86. The molecule has 0 amide bonds. The summed E-state index contributed by atoms with van der Waals surface area (Å²) in [5, 5.41) is 0.663. The van der Waals surface area contributed by atoms with Gasteiger partial charge in [0.2, 0.25) is 0 Å². The van der Waals surface area contributed by atoms with E-state index in [1.807, 2.05) is 30.0 Å². The van der Waals surface area contributed by atoms with Gasteiger partial charge in [-0.3, -0.25) is 0 Å². The van der Waals surface area contributed by atoms with Gasteiger partial charge in [-0.05, 0) is 30.4 Å². The van der Waals surface area contributed by atoms with Crippen molar-refractivity contribution < 1.29 is 0 Å². The van der Waals surface area contributed by atoms with Crippen molar-refractivity contribution >= 4 is 29.1 Å². The average molecular weight is 258 g/mol. The highest BCUT2D eigenvalue weighted by atomic mass is 35.5. The van der Waals surface area contributed by atoms with Crippen LogP contribution >= 0.6 is 23.4 Å². The van der Waals surface area contributed by atoms with Crippen LogP contribution in [0.25, 0.3) is 0 Å². The number of rotatable bonds is 7. The number of nitrogens with two attached hydrogens (primary N) is 1. The first kappa shape index (κ1) is 13.7. The molecule has 0 aliphatic carbocycles. The molecule has 1 nitrogen and oxygen atoms in total. The zero-order chi connectivity index (χ0) is 11.8. The second-order valence-electron chi connectivity index (χ2n) is 3.95. The van der Waals surface area contributed by atoms with Crippen LogP contribution in [-0.2, 0) is 0 Å². The van der Waals surface area contributed by atoms with E-state index in [0.29, 0.717) is 10.7 Å². The zero-order valence-electron chi connectivity index (χ0n) is 9.84. The smallest absolute Gasteiger partial charge is 0.0646 e. The second-order valence-corrected chi connectivity index (χ2v) is 5.52. The summed E-state index contributed by atoms with van der Waals surface area (Å²) >= 11 is 7.82. The Hall–Kier alpha value is -0.340. The van der Waals surface area contributed by atoms with Crippen molar-refractivity contribution in [3.8, 4) is 0 Å². The van der Waals surface area contributed by atoms with Crippen molar-refractivity contribution in [2.75, 3.05) is 11.5 Å². The molecule has 3 heteroatoms. The maximum atomic E-state index is 5.96. The van der Waals surface area contributed by atoms with Crippen molar-refractivity contribution in [1.82, 2.24) is 0 Å². The van der Waals surface area contributed by atoms with E-state index in [4.69, 9.17) is 17.3 Å². The van der Waals surface area contributed by atoms with Crippen LogP contribution in [-0.4, -0.2) is 5.75 Å². The van der Waals surface area contributed by atoms with E-state index in [2.05, 4.69) is 6.92 Å². The molecule has 90 valence electrons. The largest absolute Gasteiger partial charge is 0.398 e. The molecule has 0 bridgehead atoms. The lowest BCUT2D eigenvalue weighted by Gasteiger charge is -2.04. The van der Waals surface area contributed by atoms with Gasteiger partial charge in [-0.15, -0.1) is 11.8 Å². The predicted octanol–water partition coefficient (Wildman–Crippen LogP) is 4.98. The van der Waals surface area contributed by atoms with Gasteiger partial charge in [-0.2, -0.15) is 0 Å². The molecule has 0 unspecified atom stereocenters. The normalized spacial score (nSPS) is 10.6. The zero-order valence-corrected chi connectivity index (χ0v) is 11.4. The van der Waals surface area contributed by atoms with Gasteiger partial charge in [-0.25, -0.2) is 0 Å². The first-order valence-corrected chi connectivity index (χ1v) is 7.28. The number of halogens is 1. The minimum Gasteiger partial charge on any atom is -0.398 e. The number of nitrogen functional groups attached to an aromatic ring is 1. The van der Waals surface area contributed by atoms with Gasteiger partial charge in [0.05, 0.1) is 10.7 Å². The fourth-order valence-electron chi connectivity index (χ4n) is 1.49. The Balaban J connectivity index is 2.19. The molecule has 0 heterocycles. The molecule has 16 heavy (non-hydrogen) atoms. The summed E-state index contributed by atoms with van der Waals surface area (Å²) in [7, 11) is 0. The molecule has 0 atom stereocenters. The Bertz CT molecular complexity index is 315. The van der Waals surface area contributed by atoms with Crippen molar-refractivity contribution in [3.05, 3.63) is 23.2 Å². The van der Waals surface area contributed by atoms with Crippen molar-refractivity contribution in [3.63, 3.8) is 0 Å². The molecule has 0 saturated carbocycles. The Morgan fingerprint density at radius 3 is 2.62 bits per heavy atom. The highest BCUT2D eigenvalue weighted by Gasteiger charge is 1.99. The Kier molecular flexibility index (Phi) is 6.74. The maximum Gasteiger partial charge on any atom is 0.0646 e. The minimum absolute atomic E-state index is 0.661. The molecule has 0 aromatic heterocycles. The molecule has 1 rings (SSSR count). The average Bonchev–Trinajstić information content (AvgIpc) is 2.28. The summed E-state index contributed by atoms with van der Waals surface area (Å²) in [6.07, 6.45) is 6.65. The monoisotopic (exact) mass is 257 g/mol. The molecule has 0 aliphatic heterocycles. The number of anilines is 1. The van der Waals surface area contributed by atoms with Crippen LogP contribution in [0.1, 0.15) is 39.0 Å². The molecule has 1 aromatic rings. The second kappa shape index (κ2) is 7.86. The standard InChI is InChI=1S/C13H20ClNS/c1-2-3-4-5-6-9-16-11-7-8-13(15)12(14)10-11/h7-8,10H,2-6,9,15H2,1H3. The van der Waals surface area contributed by atoms with Crippen molar-refractivity contribution in [2.45, 2.75) is 43.9 Å². The maximum absolute atomic E-state index is 5.96. The molecular weight excluding hydrogens is 238 g/mol. The third kappa shape index (κ3) is 5.13. The van der Waals surface area contributed by atoms with Crippen LogP contribution in [0.15, 0.2) is 23.1 Å². The third-order valence-corrected chi connectivity index (χ3v) is 3.90. The topological polar surface area (TPSA) is 26.0 Å². The van der Waals surface area contributed by atoms with Crippen LogP contribution < -0.4 is 5.73 Å². The minimum atomic E-state index is 0.661. The molecule has 1 aromatic carbocycles. The van der Waals surface area contributed by atoms with E-state index in [1.54, 1.807) is 0 Å². The van der Waals surface area contributed by atoms with Gasteiger partial charge in [0.1, 0.15) is 0 Å². The quantitative estimate of drug-likeness (QED) is 0.423. The van der Waals surface area contributed by atoms with Crippen molar-refractivity contribution in [2.24, 2.45) is 0 Å². The first-order valence-electron chi connectivity index (χ1n) is 5.92. The predicted molar refractivity (Wildman–Crippen MR) is 75.3 cm³/mol. The van der Waals surface area contributed by atoms with E-state index >= 15 is 0 Å². The molecular formula is C13H20ClNS. The van der Waals surface area contributed by atoms with Crippen LogP contribution in [0.3, 0.4) is 0 Å². The number of benzene rings is 1. The molecule has 2 N–H and O–H groups in total. The summed E-state index contributed by atoms with van der Waals surface area (Å²) in [6.45, 7) is 2.24. The molecule has 0 radical (unpaired) electrons. The summed E-state index contributed by atoms with van der Waals surface area (Å²) < 4.78 is 0.